The molecule has 0 radical (unpaired) electrons. The van der Waals surface area contributed by atoms with Crippen LogP contribution >= 0.6 is 34.4 Å². The molecule has 0 amide bonds. The highest BCUT2D eigenvalue weighted by Crippen LogP contribution is 2.22. The first-order valence-corrected chi connectivity index (χ1v) is 9.87. The average molecular weight is 476 g/mol. The van der Waals surface area contributed by atoms with Gasteiger partial charge in [0.1, 0.15) is 0 Å². The van der Waals surface area contributed by atoms with E-state index in [0.29, 0.717) is 21.9 Å². The van der Waals surface area contributed by atoms with Crippen molar-refractivity contribution in [2.75, 3.05) is 5.75 Å². The summed E-state index contributed by atoms with van der Waals surface area (Å²) in [6, 6.07) is 14.8. The molecule has 0 fully saturated rings. The van der Waals surface area contributed by atoms with E-state index in [4.69, 9.17) is 0 Å². The molecule has 4 rings (SSSR count). The van der Waals surface area contributed by atoms with Gasteiger partial charge in [-0.25, -0.2) is 0 Å². The van der Waals surface area contributed by atoms with E-state index in [-0.39, 0.29) is 17.1 Å². The van der Waals surface area contributed by atoms with Crippen LogP contribution in [0, 0.1) is 3.57 Å². The number of benzene rings is 2. The van der Waals surface area contributed by atoms with Crippen molar-refractivity contribution in [3.63, 3.8) is 0 Å². The van der Waals surface area contributed by atoms with Crippen LogP contribution in [0.3, 0.4) is 0 Å². The molecule has 8 heteroatoms. The second-order valence-electron chi connectivity index (χ2n) is 5.72. The second-order valence-corrected chi connectivity index (χ2v) is 7.91. The molecule has 0 spiro atoms. The van der Waals surface area contributed by atoms with Crippen molar-refractivity contribution in [1.29, 1.82) is 0 Å². The van der Waals surface area contributed by atoms with Gasteiger partial charge >= 0.3 is 0 Å². The minimum absolute atomic E-state index is 0.0253. The van der Waals surface area contributed by atoms with Gasteiger partial charge in [0, 0.05) is 16.2 Å². The van der Waals surface area contributed by atoms with Crippen LogP contribution in [0.1, 0.15) is 10.4 Å². The molecule has 0 atom stereocenters. The fourth-order valence-electron chi connectivity index (χ4n) is 2.75. The number of hydrogen-bond acceptors (Lipinski definition) is 5. The number of Topliss-reactive ketones (excluding diaryl/α,β-unsaturated/α-hetero) is 1. The summed E-state index contributed by atoms with van der Waals surface area (Å²) in [7, 11) is 1.67. The Bertz CT molecular complexity index is 1200. The molecular formula is C18H13IN4O2S. The van der Waals surface area contributed by atoms with Gasteiger partial charge in [0.2, 0.25) is 5.78 Å². The second kappa shape index (κ2) is 6.84. The number of aryl methyl sites for hydroxylation is 1. The summed E-state index contributed by atoms with van der Waals surface area (Å²) in [6.07, 6.45) is 0. The van der Waals surface area contributed by atoms with E-state index < -0.39 is 0 Å². The number of ketones is 1. The molecule has 0 saturated carbocycles. The third-order valence-electron chi connectivity index (χ3n) is 4.09. The topological polar surface area (TPSA) is 69.3 Å². The fourth-order valence-corrected chi connectivity index (χ4v) is 3.95. The average Bonchev–Trinajstić information content (AvgIpc) is 3.09. The molecule has 0 aliphatic heterocycles. The lowest BCUT2D eigenvalue weighted by atomic mass is 10.2. The van der Waals surface area contributed by atoms with Crippen molar-refractivity contribution in [2.24, 2.45) is 7.05 Å². The lowest BCUT2D eigenvalue weighted by Crippen LogP contribution is -2.20. The van der Waals surface area contributed by atoms with E-state index >= 15 is 0 Å². The molecule has 0 saturated heterocycles. The van der Waals surface area contributed by atoms with E-state index in [1.54, 1.807) is 13.1 Å². The Morgan fingerprint density at radius 2 is 1.85 bits per heavy atom. The molecule has 26 heavy (non-hydrogen) atoms. The maximum absolute atomic E-state index is 12.5. The van der Waals surface area contributed by atoms with Crippen molar-refractivity contribution in [3.05, 3.63) is 68.0 Å². The predicted octanol–water partition coefficient (Wildman–Crippen LogP) is 3.16. The molecule has 2 heterocycles. The largest absolute Gasteiger partial charge is 0.293 e. The smallest absolute Gasteiger partial charge is 0.262 e. The SMILES string of the molecule is Cn1c(=O)c2ccccc2n2c(SCC(=O)c3ccc(I)cc3)nnc12. The fraction of sp³-hybridized carbons (Fsp3) is 0.111. The molecule has 0 aliphatic rings. The molecule has 0 aliphatic carbocycles. The van der Waals surface area contributed by atoms with Crippen LogP contribution in [0.4, 0.5) is 0 Å². The van der Waals surface area contributed by atoms with Gasteiger partial charge in [0.25, 0.3) is 5.56 Å². The summed E-state index contributed by atoms with van der Waals surface area (Å²) >= 11 is 3.52. The minimum atomic E-state index is -0.119. The number of halogens is 1. The van der Waals surface area contributed by atoms with Gasteiger partial charge in [-0.15, -0.1) is 10.2 Å². The van der Waals surface area contributed by atoms with E-state index in [0.717, 1.165) is 9.09 Å². The normalized spacial score (nSPS) is 11.3. The first kappa shape index (κ1) is 17.2. The lowest BCUT2D eigenvalue weighted by molar-refractivity contribution is 0.102. The molecule has 6 nitrogen and oxygen atoms in total. The molecule has 130 valence electrons. The minimum Gasteiger partial charge on any atom is -0.293 e. The van der Waals surface area contributed by atoms with Crippen molar-refractivity contribution in [1.82, 2.24) is 19.2 Å². The van der Waals surface area contributed by atoms with Crippen molar-refractivity contribution < 1.29 is 4.79 Å². The number of nitrogens with zero attached hydrogens (tertiary/aromatic N) is 4. The van der Waals surface area contributed by atoms with E-state index in [9.17, 15) is 9.59 Å². The van der Waals surface area contributed by atoms with Crippen LogP contribution in [0.25, 0.3) is 16.7 Å². The highest BCUT2D eigenvalue weighted by atomic mass is 127. The highest BCUT2D eigenvalue weighted by Gasteiger charge is 2.16. The Morgan fingerprint density at radius 1 is 1.12 bits per heavy atom. The van der Waals surface area contributed by atoms with Crippen LogP contribution in [-0.2, 0) is 7.05 Å². The van der Waals surface area contributed by atoms with Gasteiger partial charge in [-0.1, -0.05) is 36.0 Å². The molecule has 0 N–H and O–H groups in total. The van der Waals surface area contributed by atoms with E-state index in [1.807, 2.05) is 46.9 Å². The Balaban J connectivity index is 1.72. The van der Waals surface area contributed by atoms with Gasteiger partial charge in [-0.05, 0) is 46.9 Å². The first-order chi connectivity index (χ1) is 12.6. The van der Waals surface area contributed by atoms with E-state index in [1.165, 1.54) is 16.3 Å². The zero-order valence-corrected chi connectivity index (χ0v) is 16.7. The quantitative estimate of drug-likeness (QED) is 0.257. The lowest BCUT2D eigenvalue weighted by Gasteiger charge is -2.07. The molecule has 0 unspecified atom stereocenters. The first-order valence-electron chi connectivity index (χ1n) is 7.80. The van der Waals surface area contributed by atoms with E-state index in [2.05, 4.69) is 32.8 Å². The number of para-hydroxylation sites is 1. The Hall–Kier alpha value is -2.20. The zero-order valence-electron chi connectivity index (χ0n) is 13.7. The van der Waals surface area contributed by atoms with Gasteiger partial charge in [-0.2, -0.15) is 0 Å². The summed E-state index contributed by atoms with van der Waals surface area (Å²) in [5.74, 6) is 0.730. The third kappa shape index (κ3) is 2.92. The molecule has 4 aromatic rings. The molecule has 2 aromatic carbocycles. The predicted molar refractivity (Wildman–Crippen MR) is 110 cm³/mol. The zero-order chi connectivity index (χ0) is 18.3. The molecular weight excluding hydrogens is 463 g/mol. The number of hydrogen-bond donors (Lipinski definition) is 0. The number of carbonyl (C=O) groups is 1. The van der Waals surface area contributed by atoms with Crippen LogP contribution in [0.15, 0.2) is 58.5 Å². The van der Waals surface area contributed by atoms with Crippen LogP contribution in [0.2, 0.25) is 0 Å². The maximum atomic E-state index is 12.5. The highest BCUT2D eigenvalue weighted by molar-refractivity contribution is 14.1. The van der Waals surface area contributed by atoms with Crippen molar-refractivity contribution in [3.8, 4) is 0 Å². The molecule has 0 bridgehead atoms. The molecule has 2 aromatic heterocycles. The third-order valence-corrected chi connectivity index (χ3v) is 5.74. The van der Waals surface area contributed by atoms with Gasteiger partial charge < -0.3 is 0 Å². The Morgan fingerprint density at radius 3 is 2.62 bits per heavy atom. The van der Waals surface area contributed by atoms with Crippen molar-refractivity contribution in [2.45, 2.75) is 5.16 Å². The standard InChI is InChI=1S/C18H13IN4O2S/c1-22-16(25)13-4-2-3-5-14(13)23-17(22)20-21-18(23)26-10-15(24)11-6-8-12(19)9-7-11/h2-9H,10H2,1H3. The van der Waals surface area contributed by atoms with Gasteiger partial charge in [0.15, 0.2) is 10.9 Å². The summed E-state index contributed by atoms with van der Waals surface area (Å²) in [5, 5.41) is 9.50. The van der Waals surface area contributed by atoms with Gasteiger partial charge in [0.05, 0.1) is 16.7 Å². The maximum Gasteiger partial charge on any atom is 0.262 e. The Kier molecular flexibility index (Phi) is 4.53. The number of rotatable bonds is 4. The number of aromatic nitrogens is 4. The van der Waals surface area contributed by atoms with Crippen LogP contribution < -0.4 is 5.56 Å². The Labute approximate surface area is 166 Å². The summed E-state index contributed by atoms with van der Waals surface area (Å²) in [6.45, 7) is 0. The van der Waals surface area contributed by atoms with Crippen molar-refractivity contribution >= 4 is 56.8 Å². The number of fused-ring (bicyclic) bond motifs is 3. The van der Waals surface area contributed by atoms with Crippen LogP contribution in [-0.4, -0.2) is 30.7 Å². The van der Waals surface area contributed by atoms with Crippen LogP contribution in [0.5, 0.6) is 0 Å². The summed E-state index contributed by atoms with van der Waals surface area (Å²) < 4.78 is 4.38. The monoisotopic (exact) mass is 476 g/mol. The number of carbonyl (C=O) groups excluding carboxylic acids is 1. The number of thioether (sulfide) groups is 1. The summed E-state index contributed by atoms with van der Waals surface area (Å²) in [4.78, 5) is 24.9. The summed E-state index contributed by atoms with van der Waals surface area (Å²) in [5.41, 5.74) is 1.29. The van der Waals surface area contributed by atoms with Gasteiger partial charge in [-0.3, -0.25) is 18.6 Å².